The fraction of sp³-hybridized carbons (Fsp3) is 0. The summed E-state index contributed by atoms with van der Waals surface area (Å²) in [5.74, 6) is -1.58. The third kappa shape index (κ3) is 1.82. The van der Waals surface area contributed by atoms with Crippen LogP contribution in [0.1, 0.15) is 0 Å². The fourth-order valence-electron chi connectivity index (χ4n) is 2.04. The zero-order valence-corrected chi connectivity index (χ0v) is 10.0. The maximum absolute atomic E-state index is 14.4. The molecule has 0 amide bonds. The van der Waals surface area contributed by atoms with Crippen molar-refractivity contribution < 1.29 is 13.9 Å². The highest BCUT2D eigenvalue weighted by Crippen LogP contribution is 2.32. The number of phenols is 1. The number of benzene rings is 2. The Morgan fingerprint density at radius 3 is 2.55 bits per heavy atom. The van der Waals surface area contributed by atoms with Crippen LogP contribution >= 0.6 is 0 Å². The third-order valence-corrected chi connectivity index (χ3v) is 2.99. The van der Waals surface area contributed by atoms with Gasteiger partial charge in [-0.2, -0.15) is 0 Å². The van der Waals surface area contributed by atoms with Crippen molar-refractivity contribution in [2.75, 3.05) is 0 Å². The van der Waals surface area contributed by atoms with Gasteiger partial charge in [0, 0.05) is 5.56 Å². The minimum absolute atomic E-state index is 0.00787. The number of nitrogens with one attached hydrogen (secondary N) is 1. The van der Waals surface area contributed by atoms with E-state index in [0.717, 1.165) is 12.4 Å². The number of aromatic amines is 1. The molecule has 0 unspecified atom stereocenters. The van der Waals surface area contributed by atoms with E-state index in [9.17, 15) is 18.7 Å². The van der Waals surface area contributed by atoms with Gasteiger partial charge in [0.2, 0.25) is 0 Å². The summed E-state index contributed by atoms with van der Waals surface area (Å²) >= 11 is 0. The zero-order chi connectivity index (χ0) is 14.3. The smallest absolute Gasteiger partial charge is 0.261 e. The summed E-state index contributed by atoms with van der Waals surface area (Å²) in [6.45, 7) is 0. The molecule has 0 saturated carbocycles. The summed E-state index contributed by atoms with van der Waals surface area (Å²) in [5.41, 5.74) is -0.443. The second-order valence-electron chi connectivity index (χ2n) is 4.22. The van der Waals surface area contributed by atoms with Crippen molar-refractivity contribution in [2.24, 2.45) is 0 Å². The molecule has 0 bridgehead atoms. The first kappa shape index (κ1) is 12.3. The van der Waals surface area contributed by atoms with Crippen LogP contribution in [0.15, 0.2) is 41.5 Å². The Kier molecular flexibility index (Phi) is 2.71. The molecule has 1 heterocycles. The van der Waals surface area contributed by atoms with Crippen LogP contribution in [0.3, 0.4) is 0 Å². The molecule has 0 aliphatic carbocycles. The van der Waals surface area contributed by atoms with Crippen molar-refractivity contribution in [1.29, 1.82) is 0 Å². The van der Waals surface area contributed by atoms with Crippen LogP contribution in [0.2, 0.25) is 0 Å². The molecule has 3 rings (SSSR count). The van der Waals surface area contributed by atoms with E-state index < -0.39 is 17.2 Å². The van der Waals surface area contributed by atoms with E-state index >= 15 is 0 Å². The number of aromatic hydroxyl groups is 1. The summed E-state index contributed by atoms with van der Waals surface area (Å²) in [6.07, 6.45) is 1.08. The van der Waals surface area contributed by atoms with Gasteiger partial charge in [0.05, 0.1) is 6.33 Å². The predicted molar refractivity (Wildman–Crippen MR) is 69.4 cm³/mol. The average molecular weight is 274 g/mol. The Bertz CT molecular complexity index is 857. The van der Waals surface area contributed by atoms with Crippen LogP contribution in [0.25, 0.3) is 22.0 Å². The minimum Gasteiger partial charge on any atom is -0.506 e. The van der Waals surface area contributed by atoms with Crippen LogP contribution in [0, 0.1) is 11.6 Å². The summed E-state index contributed by atoms with van der Waals surface area (Å²) in [4.78, 5) is 17.7. The maximum atomic E-state index is 14.4. The molecular weight excluding hydrogens is 266 g/mol. The Hall–Kier alpha value is -2.76. The quantitative estimate of drug-likeness (QED) is 0.716. The van der Waals surface area contributed by atoms with E-state index in [1.54, 1.807) is 0 Å². The molecule has 0 aliphatic heterocycles. The molecular formula is C14H8F2N2O2. The van der Waals surface area contributed by atoms with Gasteiger partial charge in [-0.3, -0.25) is 4.79 Å². The molecule has 0 fully saturated rings. The van der Waals surface area contributed by atoms with Crippen LogP contribution in [0.4, 0.5) is 8.78 Å². The highest BCUT2D eigenvalue weighted by molar-refractivity contribution is 5.89. The highest BCUT2D eigenvalue weighted by Gasteiger charge is 2.16. The predicted octanol–water partition coefficient (Wildman–Crippen LogP) is 2.57. The van der Waals surface area contributed by atoms with Gasteiger partial charge in [-0.1, -0.05) is 12.1 Å². The Labute approximate surface area is 111 Å². The lowest BCUT2D eigenvalue weighted by molar-refractivity contribution is 0.479. The molecule has 0 atom stereocenters. The maximum Gasteiger partial charge on any atom is 0.261 e. The van der Waals surface area contributed by atoms with E-state index in [2.05, 4.69) is 9.97 Å². The molecule has 4 nitrogen and oxygen atoms in total. The molecule has 20 heavy (non-hydrogen) atoms. The first-order valence-electron chi connectivity index (χ1n) is 5.72. The van der Waals surface area contributed by atoms with E-state index in [-0.39, 0.29) is 22.2 Å². The summed E-state index contributed by atoms with van der Waals surface area (Å²) in [7, 11) is 0. The minimum atomic E-state index is -0.807. The van der Waals surface area contributed by atoms with Crippen LogP contribution in [-0.2, 0) is 0 Å². The number of hydrogen-bond donors (Lipinski definition) is 2. The number of halogens is 2. The second-order valence-corrected chi connectivity index (χ2v) is 4.22. The lowest BCUT2D eigenvalue weighted by atomic mass is 10.0. The van der Waals surface area contributed by atoms with Crippen LogP contribution < -0.4 is 5.56 Å². The van der Waals surface area contributed by atoms with Crippen molar-refractivity contribution in [3.05, 3.63) is 58.6 Å². The topological polar surface area (TPSA) is 66.0 Å². The number of rotatable bonds is 1. The molecule has 1 aromatic heterocycles. The number of phenolic OH excluding ortho intramolecular Hbond substituents is 1. The SMILES string of the molecule is O=c1[nH]cnc2c(O)cc(-c3ccc(F)cc3)c(F)c12. The van der Waals surface area contributed by atoms with E-state index in [1.165, 1.54) is 24.3 Å². The van der Waals surface area contributed by atoms with Crippen molar-refractivity contribution in [2.45, 2.75) is 0 Å². The van der Waals surface area contributed by atoms with Crippen molar-refractivity contribution >= 4 is 10.9 Å². The molecule has 100 valence electrons. The van der Waals surface area contributed by atoms with Gasteiger partial charge >= 0.3 is 0 Å². The number of H-pyrrole nitrogens is 1. The molecule has 0 aliphatic rings. The molecule has 0 saturated heterocycles. The zero-order valence-electron chi connectivity index (χ0n) is 10.0. The Balaban J connectivity index is 2.38. The van der Waals surface area contributed by atoms with E-state index in [4.69, 9.17) is 0 Å². The lowest BCUT2D eigenvalue weighted by Gasteiger charge is -2.07. The van der Waals surface area contributed by atoms with Gasteiger partial charge in [-0.05, 0) is 23.8 Å². The van der Waals surface area contributed by atoms with Gasteiger partial charge < -0.3 is 10.1 Å². The largest absolute Gasteiger partial charge is 0.506 e. The number of hydrogen-bond acceptors (Lipinski definition) is 3. The number of aromatic nitrogens is 2. The standard InChI is InChI=1S/C14H8F2N2O2/c15-8-3-1-7(2-4-8)9-5-10(19)13-11(12(9)16)14(20)18-6-17-13/h1-6,19H,(H,17,18,20). The van der Waals surface area contributed by atoms with E-state index in [0.29, 0.717) is 5.56 Å². The molecule has 0 radical (unpaired) electrons. The van der Waals surface area contributed by atoms with Gasteiger partial charge in [-0.15, -0.1) is 0 Å². The Morgan fingerprint density at radius 2 is 1.85 bits per heavy atom. The summed E-state index contributed by atoms with van der Waals surface area (Å²) in [5, 5.41) is 9.53. The van der Waals surface area contributed by atoms with Crippen LogP contribution in [0.5, 0.6) is 5.75 Å². The van der Waals surface area contributed by atoms with Gasteiger partial charge in [0.25, 0.3) is 5.56 Å². The first-order chi connectivity index (χ1) is 9.58. The monoisotopic (exact) mass is 274 g/mol. The first-order valence-corrected chi connectivity index (χ1v) is 5.72. The summed E-state index contributed by atoms with van der Waals surface area (Å²) in [6, 6.07) is 6.23. The lowest BCUT2D eigenvalue weighted by Crippen LogP contribution is -2.09. The van der Waals surface area contributed by atoms with Gasteiger partial charge in [-0.25, -0.2) is 13.8 Å². The van der Waals surface area contributed by atoms with Crippen molar-refractivity contribution in [3.63, 3.8) is 0 Å². The van der Waals surface area contributed by atoms with Crippen molar-refractivity contribution in [1.82, 2.24) is 9.97 Å². The molecule has 3 aromatic rings. The summed E-state index contributed by atoms with van der Waals surface area (Å²) < 4.78 is 27.3. The molecule has 2 aromatic carbocycles. The number of fused-ring (bicyclic) bond motifs is 1. The van der Waals surface area contributed by atoms with Gasteiger partial charge in [0.1, 0.15) is 28.3 Å². The third-order valence-electron chi connectivity index (χ3n) is 2.99. The fourth-order valence-corrected chi connectivity index (χ4v) is 2.04. The molecule has 2 N–H and O–H groups in total. The molecule has 0 spiro atoms. The van der Waals surface area contributed by atoms with Crippen LogP contribution in [-0.4, -0.2) is 15.1 Å². The Morgan fingerprint density at radius 1 is 1.15 bits per heavy atom. The average Bonchev–Trinajstić information content (AvgIpc) is 2.44. The van der Waals surface area contributed by atoms with Crippen molar-refractivity contribution in [3.8, 4) is 16.9 Å². The number of nitrogens with zero attached hydrogens (tertiary/aromatic N) is 1. The second kappa shape index (κ2) is 4.41. The van der Waals surface area contributed by atoms with Gasteiger partial charge in [0.15, 0.2) is 0 Å². The van der Waals surface area contributed by atoms with E-state index in [1.807, 2.05) is 0 Å². The highest BCUT2D eigenvalue weighted by atomic mass is 19.1. The normalized spacial score (nSPS) is 10.9. The molecule has 6 heteroatoms.